The van der Waals surface area contributed by atoms with Crippen LogP contribution in [-0.4, -0.2) is 24.5 Å². The van der Waals surface area contributed by atoms with Gasteiger partial charge < -0.3 is 10.1 Å². The van der Waals surface area contributed by atoms with E-state index in [2.05, 4.69) is 16.1 Å². The van der Waals surface area contributed by atoms with E-state index in [1.165, 1.54) is 0 Å². The van der Waals surface area contributed by atoms with Crippen LogP contribution in [-0.2, 0) is 14.3 Å². The van der Waals surface area contributed by atoms with Crippen molar-refractivity contribution in [2.45, 2.75) is 32.2 Å². The van der Waals surface area contributed by atoms with Crippen molar-refractivity contribution in [2.24, 2.45) is 0 Å². The van der Waals surface area contributed by atoms with Crippen molar-refractivity contribution in [3.8, 4) is 0 Å². The largest absolute Gasteiger partial charge is 0.459 e. The monoisotopic (exact) mass is 197 g/mol. The number of hydrogen-bond donors (Lipinski definition) is 1. The van der Waals surface area contributed by atoms with Gasteiger partial charge in [-0.15, -0.1) is 0 Å². The van der Waals surface area contributed by atoms with Gasteiger partial charge in [0.05, 0.1) is 6.61 Å². The van der Waals surface area contributed by atoms with Crippen molar-refractivity contribution in [1.29, 1.82) is 0 Å². The normalized spacial score (nSPS) is 20.2. The molecule has 0 saturated carbocycles. The summed E-state index contributed by atoms with van der Waals surface area (Å²) < 4.78 is 4.58. The van der Waals surface area contributed by atoms with E-state index in [1.807, 2.05) is 6.08 Å². The summed E-state index contributed by atoms with van der Waals surface area (Å²) >= 11 is 0. The molecule has 78 valence electrons. The fourth-order valence-corrected chi connectivity index (χ4v) is 1.37. The Bertz CT molecular complexity index is 248. The van der Waals surface area contributed by atoms with Crippen molar-refractivity contribution in [1.82, 2.24) is 5.32 Å². The smallest absolute Gasteiger partial charge is 0.396 e. The Labute approximate surface area is 83.3 Å². The lowest BCUT2D eigenvalue weighted by Gasteiger charge is -2.18. The maximum absolute atomic E-state index is 11.2. The van der Waals surface area contributed by atoms with Crippen molar-refractivity contribution in [3.05, 3.63) is 12.2 Å². The molecule has 0 radical (unpaired) electrons. The standard InChI is InChI=1S/C10H15NO3/c1-2-14-10(13)9(12)11-8-6-4-3-5-7-8/h3-4,8H,2,5-7H2,1H3,(H,11,12). The molecule has 1 aliphatic rings. The lowest BCUT2D eigenvalue weighted by atomic mass is 10.0. The maximum Gasteiger partial charge on any atom is 0.396 e. The predicted octanol–water partition coefficient (Wildman–Crippen LogP) is 0.774. The molecular formula is C10H15NO3. The Morgan fingerprint density at radius 3 is 2.86 bits per heavy atom. The van der Waals surface area contributed by atoms with Gasteiger partial charge in [-0.25, -0.2) is 4.79 Å². The Kier molecular flexibility index (Phi) is 4.16. The van der Waals surface area contributed by atoms with E-state index in [0.717, 1.165) is 19.3 Å². The summed E-state index contributed by atoms with van der Waals surface area (Å²) in [6, 6.07) is 0.0805. The van der Waals surface area contributed by atoms with Gasteiger partial charge in [-0.1, -0.05) is 12.2 Å². The number of amides is 1. The lowest BCUT2D eigenvalue weighted by Crippen LogP contribution is -2.40. The summed E-state index contributed by atoms with van der Waals surface area (Å²) in [5, 5.41) is 2.64. The van der Waals surface area contributed by atoms with Gasteiger partial charge in [0.25, 0.3) is 0 Å². The summed E-state index contributed by atoms with van der Waals surface area (Å²) in [7, 11) is 0. The highest BCUT2D eigenvalue weighted by Crippen LogP contribution is 2.10. The van der Waals surface area contributed by atoms with Gasteiger partial charge in [-0.2, -0.15) is 0 Å². The molecule has 4 heteroatoms. The highest BCUT2D eigenvalue weighted by molar-refractivity contribution is 6.32. The van der Waals surface area contributed by atoms with Crippen LogP contribution in [0.25, 0.3) is 0 Å². The van der Waals surface area contributed by atoms with Gasteiger partial charge in [0.15, 0.2) is 0 Å². The average molecular weight is 197 g/mol. The minimum Gasteiger partial charge on any atom is -0.459 e. The second kappa shape index (κ2) is 5.42. The summed E-state index contributed by atoms with van der Waals surface area (Å²) in [4.78, 5) is 22.2. The Hall–Kier alpha value is -1.32. The van der Waals surface area contributed by atoms with Crippen LogP contribution in [0.15, 0.2) is 12.2 Å². The van der Waals surface area contributed by atoms with Gasteiger partial charge in [-0.05, 0) is 26.2 Å². The molecule has 0 spiro atoms. The first-order valence-corrected chi connectivity index (χ1v) is 4.86. The molecule has 1 amide bonds. The Morgan fingerprint density at radius 2 is 2.29 bits per heavy atom. The van der Waals surface area contributed by atoms with Gasteiger partial charge in [0.2, 0.25) is 0 Å². The molecule has 0 aromatic heterocycles. The van der Waals surface area contributed by atoms with Gasteiger partial charge in [0, 0.05) is 6.04 Å². The molecule has 4 nitrogen and oxygen atoms in total. The molecule has 1 rings (SSSR count). The zero-order chi connectivity index (χ0) is 10.4. The molecule has 0 aliphatic heterocycles. The topological polar surface area (TPSA) is 55.4 Å². The quantitative estimate of drug-likeness (QED) is 0.404. The van der Waals surface area contributed by atoms with Crippen LogP contribution in [0, 0.1) is 0 Å². The number of hydrogen-bond acceptors (Lipinski definition) is 3. The summed E-state index contributed by atoms with van der Waals surface area (Å²) in [5.74, 6) is -1.42. The number of nitrogens with one attached hydrogen (secondary N) is 1. The van der Waals surface area contributed by atoms with Crippen LogP contribution in [0.3, 0.4) is 0 Å². The molecule has 1 aliphatic carbocycles. The second-order valence-electron chi connectivity index (χ2n) is 3.18. The summed E-state index contributed by atoms with van der Waals surface area (Å²) in [6.45, 7) is 1.91. The van der Waals surface area contributed by atoms with E-state index in [1.54, 1.807) is 6.92 Å². The third-order valence-electron chi connectivity index (χ3n) is 2.07. The summed E-state index contributed by atoms with van der Waals surface area (Å²) in [5.41, 5.74) is 0. The maximum atomic E-state index is 11.2. The van der Waals surface area contributed by atoms with Crippen molar-refractivity contribution in [3.63, 3.8) is 0 Å². The first kappa shape index (κ1) is 10.8. The van der Waals surface area contributed by atoms with Crippen LogP contribution < -0.4 is 5.32 Å². The molecule has 0 bridgehead atoms. The summed E-state index contributed by atoms with van der Waals surface area (Å²) in [6.07, 6.45) is 6.73. The Morgan fingerprint density at radius 1 is 1.50 bits per heavy atom. The number of rotatable bonds is 2. The van der Waals surface area contributed by atoms with Crippen LogP contribution in [0.5, 0.6) is 0 Å². The molecule has 0 aromatic carbocycles. The van der Waals surface area contributed by atoms with Gasteiger partial charge in [-0.3, -0.25) is 4.79 Å². The minimum atomic E-state index is -0.790. The number of carbonyl (C=O) groups excluding carboxylic acids is 2. The molecule has 14 heavy (non-hydrogen) atoms. The zero-order valence-corrected chi connectivity index (χ0v) is 8.29. The van der Waals surface area contributed by atoms with E-state index in [-0.39, 0.29) is 12.6 Å². The molecule has 0 fully saturated rings. The van der Waals surface area contributed by atoms with Crippen molar-refractivity contribution >= 4 is 11.9 Å². The van der Waals surface area contributed by atoms with Crippen LogP contribution in [0.4, 0.5) is 0 Å². The third-order valence-corrected chi connectivity index (χ3v) is 2.07. The first-order chi connectivity index (χ1) is 6.74. The molecular weight excluding hydrogens is 182 g/mol. The number of esters is 1. The van der Waals surface area contributed by atoms with E-state index in [4.69, 9.17) is 0 Å². The Balaban J connectivity index is 2.32. The predicted molar refractivity (Wildman–Crippen MR) is 51.6 cm³/mol. The lowest BCUT2D eigenvalue weighted by molar-refractivity contribution is -0.154. The molecule has 0 aromatic rings. The number of allylic oxidation sites excluding steroid dienone is 1. The van der Waals surface area contributed by atoms with E-state index in [0.29, 0.717) is 0 Å². The van der Waals surface area contributed by atoms with Gasteiger partial charge in [0.1, 0.15) is 0 Å². The van der Waals surface area contributed by atoms with Crippen molar-refractivity contribution in [2.75, 3.05) is 6.61 Å². The minimum absolute atomic E-state index is 0.0805. The number of ether oxygens (including phenoxy) is 1. The SMILES string of the molecule is CCOC(=O)C(=O)NC1CC=CCC1. The van der Waals surface area contributed by atoms with E-state index < -0.39 is 11.9 Å². The fourth-order valence-electron chi connectivity index (χ4n) is 1.37. The van der Waals surface area contributed by atoms with Crippen LogP contribution in [0.1, 0.15) is 26.2 Å². The molecule has 0 heterocycles. The van der Waals surface area contributed by atoms with Gasteiger partial charge >= 0.3 is 11.9 Å². The average Bonchev–Trinajstić information content (AvgIpc) is 2.19. The molecule has 1 unspecified atom stereocenters. The third kappa shape index (κ3) is 3.20. The zero-order valence-electron chi connectivity index (χ0n) is 8.29. The van der Waals surface area contributed by atoms with Crippen LogP contribution in [0.2, 0.25) is 0 Å². The first-order valence-electron chi connectivity index (χ1n) is 4.86. The molecule has 1 atom stereocenters. The molecule has 1 N–H and O–H groups in total. The highest BCUT2D eigenvalue weighted by Gasteiger charge is 2.19. The van der Waals surface area contributed by atoms with Crippen LogP contribution >= 0.6 is 0 Å². The van der Waals surface area contributed by atoms with E-state index >= 15 is 0 Å². The van der Waals surface area contributed by atoms with E-state index in [9.17, 15) is 9.59 Å². The molecule has 0 saturated heterocycles. The number of carbonyl (C=O) groups is 2. The fraction of sp³-hybridized carbons (Fsp3) is 0.600. The van der Waals surface area contributed by atoms with Crippen molar-refractivity contribution < 1.29 is 14.3 Å². The second-order valence-corrected chi connectivity index (χ2v) is 3.18. The highest BCUT2D eigenvalue weighted by atomic mass is 16.5.